The summed E-state index contributed by atoms with van der Waals surface area (Å²) in [5.74, 6) is 0.568. The number of aromatic nitrogens is 1. The number of hydrogen-bond acceptors (Lipinski definition) is 5. The maximum absolute atomic E-state index is 12.5. The molecule has 0 atom stereocenters. The van der Waals surface area contributed by atoms with Crippen LogP contribution in [0.5, 0.6) is 5.75 Å². The number of carbonyl (C=O) groups excluding carboxylic acids is 1. The Kier molecular flexibility index (Phi) is 7.28. The fraction of sp³-hybridized carbons (Fsp3) is 0.250. The third kappa shape index (κ3) is 4.08. The Morgan fingerprint density at radius 3 is 2.83 bits per heavy atom. The van der Waals surface area contributed by atoms with Gasteiger partial charge in [0, 0.05) is 25.2 Å². The van der Waals surface area contributed by atoms with Gasteiger partial charge in [-0.3, -0.25) is 4.79 Å². The summed E-state index contributed by atoms with van der Waals surface area (Å²) in [5.41, 5.74) is 8.91. The van der Waals surface area contributed by atoms with Crippen molar-refractivity contribution in [3.05, 3.63) is 47.2 Å². The molecule has 0 saturated heterocycles. The Balaban J connectivity index is 0.00000144. The molecule has 130 valence electrons. The SMILES string of the molecule is COc1ccccc1NC(=O)c1cc2c(nc1N)CCNC2.Cl.Cl. The summed E-state index contributed by atoms with van der Waals surface area (Å²) >= 11 is 0. The largest absolute Gasteiger partial charge is 0.495 e. The van der Waals surface area contributed by atoms with Crippen LogP contribution in [-0.2, 0) is 13.0 Å². The van der Waals surface area contributed by atoms with Gasteiger partial charge in [-0.25, -0.2) is 4.98 Å². The number of halogens is 2. The molecule has 1 aliphatic rings. The average molecular weight is 371 g/mol. The van der Waals surface area contributed by atoms with E-state index in [0.717, 1.165) is 24.2 Å². The van der Waals surface area contributed by atoms with Crippen molar-refractivity contribution in [3.8, 4) is 5.75 Å². The van der Waals surface area contributed by atoms with Gasteiger partial charge in [0.15, 0.2) is 0 Å². The van der Waals surface area contributed by atoms with Gasteiger partial charge in [0.1, 0.15) is 11.6 Å². The lowest BCUT2D eigenvalue weighted by atomic mass is 10.0. The molecule has 4 N–H and O–H groups in total. The summed E-state index contributed by atoms with van der Waals surface area (Å²) < 4.78 is 5.23. The van der Waals surface area contributed by atoms with E-state index in [-0.39, 0.29) is 36.5 Å². The normalized spacial score (nSPS) is 12.2. The first-order chi connectivity index (χ1) is 10.7. The van der Waals surface area contributed by atoms with Crippen molar-refractivity contribution in [2.75, 3.05) is 24.7 Å². The van der Waals surface area contributed by atoms with E-state index < -0.39 is 0 Å². The minimum Gasteiger partial charge on any atom is -0.495 e. The second-order valence-corrected chi connectivity index (χ2v) is 5.11. The summed E-state index contributed by atoms with van der Waals surface area (Å²) in [7, 11) is 1.56. The third-order valence-corrected chi connectivity index (χ3v) is 3.67. The Bertz CT molecular complexity index is 725. The molecule has 6 nitrogen and oxygen atoms in total. The van der Waals surface area contributed by atoms with Gasteiger partial charge in [-0.15, -0.1) is 24.8 Å². The molecule has 1 aromatic carbocycles. The molecule has 24 heavy (non-hydrogen) atoms. The summed E-state index contributed by atoms with van der Waals surface area (Å²) in [6.45, 7) is 1.59. The van der Waals surface area contributed by atoms with Crippen molar-refractivity contribution in [1.29, 1.82) is 0 Å². The first-order valence-corrected chi connectivity index (χ1v) is 7.12. The van der Waals surface area contributed by atoms with Crippen molar-refractivity contribution >= 4 is 42.2 Å². The number of rotatable bonds is 3. The fourth-order valence-electron chi connectivity index (χ4n) is 2.53. The summed E-state index contributed by atoms with van der Waals surface area (Å²) in [6.07, 6.45) is 0.827. The molecule has 1 amide bonds. The number of hydrogen-bond donors (Lipinski definition) is 3. The van der Waals surface area contributed by atoms with E-state index in [1.807, 2.05) is 18.2 Å². The van der Waals surface area contributed by atoms with Gasteiger partial charge >= 0.3 is 0 Å². The Morgan fingerprint density at radius 1 is 1.33 bits per heavy atom. The number of nitrogens with one attached hydrogen (secondary N) is 2. The van der Waals surface area contributed by atoms with Gasteiger partial charge in [-0.1, -0.05) is 12.1 Å². The zero-order valence-electron chi connectivity index (χ0n) is 13.2. The van der Waals surface area contributed by atoms with Gasteiger partial charge in [0.2, 0.25) is 0 Å². The van der Waals surface area contributed by atoms with E-state index in [1.165, 1.54) is 0 Å². The topological polar surface area (TPSA) is 89.3 Å². The van der Waals surface area contributed by atoms with Gasteiger partial charge in [0.05, 0.1) is 18.4 Å². The highest BCUT2D eigenvalue weighted by atomic mass is 35.5. The zero-order chi connectivity index (χ0) is 15.5. The minimum atomic E-state index is -0.289. The van der Waals surface area contributed by atoms with Crippen molar-refractivity contribution in [2.24, 2.45) is 0 Å². The maximum Gasteiger partial charge on any atom is 0.259 e. The first-order valence-electron chi connectivity index (χ1n) is 7.12. The van der Waals surface area contributed by atoms with Crippen LogP contribution >= 0.6 is 24.8 Å². The van der Waals surface area contributed by atoms with Crippen LogP contribution < -0.4 is 21.1 Å². The molecule has 1 aliphatic heterocycles. The number of nitrogen functional groups attached to an aromatic ring is 1. The molecule has 1 aromatic heterocycles. The molecule has 3 rings (SSSR count). The molecule has 0 unspecified atom stereocenters. The molecule has 0 spiro atoms. The van der Waals surface area contributed by atoms with E-state index in [4.69, 9.17) is 10.5 Å². The Morgan fingerprint density at radius 2 is 2.08 bits per heavy atom. The number of para-hydroxylation sites is 2. The number of pyridine rings is 1. The number of amides is 1. The van der Waals surface area contributed by atoms with Crippen molar-refractivity contribution in [2.45, 2.75) is 13.0 Å². The molecule has 0 bridgehead atoms. The van der Waals surface area contributed by atoms with Crippen molar-refractivity contribution in [1.82, 2.24) is 10.3 Å². The molecule has 2 heterocycles. The standard InChI is InChI=1S/C16H18N4O2.2ClH/c1-22-14-5-3-2-4-13(14)20-16(21)11-8-10-9-18-7-6-12(10)19-15(11)17;;/h2-5,8,18H,6-7,9H2,1H3,(H2,17,19)(H,20,21);2*1H. The summed E-state index contributed by atoms with van der Waals surface area (Å²) in [6, 6.07) is 9.05. The quantitative estimate of drug-likeness (QED) is 0.771. The minimum absolute atomic E-state index is 0. The number of anilines is 2. The van der Waals surface area contributed by atoms with Crippen LogP contribution in [-0.4, -0.2) is 24.5 Å². The number of nitrogens with zero attached hydrogens (tertiary/aromatic N) is 1. The molecule has 2 aromatic rings. The number of ether oxygens (including phenoxy) is 1. The lowest BCUT2D eigenvalue weighted by molar-refractivity contribution is 0.102. The number of benzene rings is 1. The van der Waals surface area contributed by atoms with Gasteiger partial charge in [-0.2, -0.15) is 0 Å². The average Bonchev–Trinajstić information content (AvgIpc) is 2.54. The maximum atomic E-state index is 12.5. The number of methoxy groups -OCH3 is 1. The second kappa shape index (κ2) is 8.73. The fourth-order valence-corrected chi connectivity index (χ4v) is 2.53. The van der Waals surface area contributed by atoms with E-state index >= 15 is 0 Å². The highest BCUT2D eigenvalue weighted by molar-refractivity contribution is 6.08. The number of nitrogens with two attached hydrogens (primary N) is 1. The van der Waals surface area contributed by atoms with Crippen molar-refractivity contribution in [3.63, 3.8) is 0 Å². The van der Waals surface area contributed by atoms with Gasteiger partial charge < -0.3 is 21.1 Å². The predicted octanol–water partition coefficient (Wildman–Crippen LogP) is 2.41. The molecule has 8 heteroatoms. The van der Waals surface area contributed by atoms with Crippen LogP contribution in [0.15, 0.2) is 30.3 Å². The van der Waals surface area contributed by atoms with E-state index in [1.54, 1.807) is 19.2 Å². The van der Waals surface area contributed by atoms with Crippen LogP contribution in [0.2, 0.25) is 0 Å². The van der Waals surface area contributed by atoms with Crippen molar-refractivity contribution < 1.29 is 9.53 Å². The van der Waals surface area contributed by atoms with Crippen LogP contribution in [0.3, 0.4) is 0 Å². The highest BCUT2D eigenvalue weighted by Crippen LogP contribution is 2.25. The van der Waals surface area contributed by atoms with Crippen LogP contribution in [0.4, 0.5) is 11.5 Å². The molecule has 0 fully saturated rings. The smallest absolute Gasteiger partial charge is 0.259 e. The predicted molar refractivity (Wildman–Crippen MR) is 99.5 cm³/mol. The Labute approximate surface area is 153 Å². The number of carbonyl (C=O) groups is 1. The first kappa shape index (κ1) is 20.0. The molecular formula is C16H20Cl2N4O2. The lowest BCUT2D eigenvalue weighted by Gasteiger charge is -2.18. The monoisotopic (exact) mass is 370 g/mol. The summed E-state index contributed by atoms with van der Waals surface area (Å²) in [4.78, 5) is 16.8. The van der Waals surface area contributed by atoms with Gasteiger partial charge in [-0.05, 0) is 23.8 Å². The van der Waals surface area contributed by atoms with E-state index in [2.05, 4.69) is 15.6 Å². The number of fused-ring (bicyclic) bond motifs is 1. The Hall–Kier alpha value is -2.02. The highest BCUT2D eigenvalue weighted by Gasteiger charge is 2.18. The third-order valence-electron chi connectivity index (χ3n) is 3.67. The van der Waals surface area contributed by atoms with Crippen LogP contribution in [0, 0.1) is 0 Å². The van der Waals surface area contributed by atoms with Crippen LogP contribution in [0.1, 0.15) is 21.6 Å². The van der Waals surface area contributed by atoms with Crippen LogP contribution in [0.25, 0.3) is 0 Å². The van der Waals surface area contributed by atoms with Gasteiger partial charge in [0.25, 0.3) is 5.91 Å². The van der Waals surface area contributed by atoms with E-state index in [0.29, 0.717) is 23.5 Å². The lowest BCUT2D eigenvalue weighted by Crippen LogP contribution is -2.26. The van der Waals surface area contributed by atoms with E-state index in [9.17, 15) is 4.79 Å². The second-order valence-electron chi connectivity index (χ2n) is 5.11. The summed E-state index contributed by atoms with van der Waals surface area (Å²) in [5, 5.41) is 6.08. The molecule has 0 saturated carbocycles. The molecule has 0 aliphatic carbocycles. The molecular weight excluding hydrogens is 351 g/mol. The molecule has 0 radical (unpaired) electrons. The zero-order valence-corrected chi connectivity index (χ0v) is 14.8.